The van der Waals surface area contributed by atoms with Crippen molar-refractivity contribution in [3.05, 3.63) is 68.2 Å². The van der Waals surface area contributed by atoms with Crippen molar-refractivity contribution >= 4 is 40.8 Å². The number of hydrogen-bond donors (Lipinski definition) is 1. The molecule has 2 aromatic rings. The maximum absolute atomic E-state index is 10.8. The van der Waals surface area contributed by atoms with Crippen LogP contribution < -0.4 is 5.43 Å². The van der Waals surface area contributed by atoms with Gasteiger partial charge in [0.1, 0.15) is 5.69 Å². The Morgan fingerprint density at radius 1 is 1.15 bits per heavy atom. The molecule has 0 radical (unpaired) electrons. The van der Waals surface area contributed by atoms with Crippen LogP contribution in [0.4, 0.5) is 11.4 Å². The van der Waals surface area contributed by atoms with Gasteiger partial charge in [-0.05, 0) is 12.1 Å². The number of rotatable bonds is 4. The molecule has 5 nitrogen and oxygen atoms in total. The lowest BCUT2D eigenvalue weighted by molar-refractivity contribution is -0.384. The minimum Gasteiger partial charge on any atom is -0.272 e. The quantitative estimate of drug-likeness (QED) is 0.518. The largest absolute Gasteiger partial charge is 0.294 e. The van der Waals surface area contributed by atoms with E-state index in [-0.39, 0.29) is 5.69 Å². The van der Waals surface area contributed by atoms with Crippen LogP contribution in [-0.4, -0.2) is 11.1 Å². The topological polar surface area (TPSA) is 67.5 Å². The molecular weight excluding hydrogens is 301 g/mol. The fraction of sp³-hybridized carbons (Fsp3) is 0. The average Bonchev–Trinajstić information content (AvgIpc) is 2.44. The van der Waals surface area contributed by atoms with Gasteiger partial charge in [0, 0.05) is 11.6 Å². The Hall–Kier alpha value is -2.11. The number of nitro groups is 1. The van der Waals surface area contributed by atoms with E-state index in [1.54, 1.807) is 36.4 Å². The minimum atomic E-state index is -0.482. The van der Waals surface area contributed by atoms with Crippen LogP contribution in [0.2, 0.25) is 10.0 Å². The van der Waals surface area contributed by atoms with E-state index in [2.05, 4.69) is 10.5 Å². The summed E-state index contributed by atoms with van der Waals surface area (Å²) in [5.74, 6) is 0. The first kappa shape index (κ1) is 14.3. The van der Waals surface area contributed by atoms with Crippen LogP contribution in [0, 0.1) is 10.1 Å². The fourth-order valence-electron chi connectivity index (χ4n) is 1.52. The lowest BCUT2D eigenvalue weighted by Crippen LogP contribution is -1.96. The molecule has 7 heteroatoms. The zero-order valence-corrected chi connectivity index (χ0v) is 11.6. The van der Waals surface area contributed by atoms with Crippen molar-refractivity contribution in [2.45, 2.75) is 0 Å². The van der Waals surface area contributed by atoms with Gasteiger partial charge in [0.2, 0.25) is 0 Å². The summed E-state index contributed by atoms with van der Waals surface area (Å²) in [5.41, 5.74) is 3.48. The predicted octanol–water partition coefficient (Wildman–Crippen LogP) is 4.35. The summed E-state index contributed by atoms with van der Waals surface area (Å²) >= 11 is 11.9. The van der Waals surface area contributed by atoms with Crippen LogP contribution in [-0.2, 0) is 0 Å². The third-order valence-electron chi connectivity index (χ3n) is 2.47. The second-order valence-electron chi connectivity index (χ2n) is 3.79. The first-order chi connectivity index (χ1) is 9.59. The van der Waals surface area contributed by atoms with Gasteiger partial charge in [0.25, 0.3) is 5.69 Å². The van der Waals surface area contributed by atoms with Gasteiger partial charge in [-0.2, -0.15) is 5.10 Å². The zero-order chi connectivity index (χ0) is 14.5. The Labute approximate surface area is 125 Å². The normalized spacial score (nSPS) is 10.7. The van der Waals surface area contributed by atoms with Crippen molar-refractivity contribution in [3.63, 3.8) is 0 Å². The molecule has 2 aromatic carbocycles. The minimum absolute atomic E-state index is 0.0539. The molecule has 0 fully saturated rings. The number of nitro benzene ring substituents is 1. The standard InChI is InChI=1S/C13H9Cl2N3O2/c14-10-5-3-4-9(13(10)15)8-16-17-11-6-1-2-7-12(11)18(19)20/h1-8,17H. The van der Waals surface area contributed by atoms with E-state index in [0.29, 0.717) is 21.3 Å². The van der Waals surface area contributed by atoms with Gasteiger partial charge in [-0.3, -0.25) is 15.5 Å². The summed E-state index contributed by atoms with van der Waals surface area (Å²) in [5, 5.41) is 15.6. The molecule has 20 heavy (non-hydrogen) atoms. The molecule has 0 bridgehead atoms. The second-order valence-corrected chi connectivity index (χ2v) is 4.57. The predicted molar refractivity (Wildman–Crippen MR) is 80.8 cm³/mol. The van der Waals surface area contributed by atoms with Crippen molar-refractivity contribution in [3.8, 4) is 0 Å². The van der Waals surface area contributed by atoms with E-state index in [1.165, 1.54) is 12.3 Å². The number of benzene rings is 2. The van der Waals surface area contributed by atoms with Gasteiger partial charge in [0.15, 0.2) is 0 Å². The zero-order valence-electron chi connectivity index (χ0n) is 10.1. The van der Waals surface area contributed by atoms with E-state index in [1.807, 2.05) is 0 Å². The van der Waals surface area contributed by atoms with E-state index in [0.717, 1.165) is 0 Å². The fourth-order valence-corrected chi connectivity index (χ4v) is 1.88. The maximum atomic E-state index is 10.8. The molecule has 102 valence electrons. The lowest BCUT2D eigenvalue weighted by Gasteiger charge is -2.02. The van der Waals surface area contributed by atoms with Gasteiger partial charge in [-0.25, -0.2) is 0 Å². The molecule has 0 heterocycles. The Bertz CT molecular complexity index is 674. The molecule has 0 amide bonds. The van der Waals surface area contributed by atoms with Gasteiger partial charge in [-0.1, -0.05) is 47.5 Å². The molecule has 0 saturated carbocycles. The van der Waals surface area contributed by atoms with Crippen molar-refractivity contribution in [1.29, 1.82) is 0 Å². The van der Waals surface area contributed by atoms with E-state index in [9.17, 15) is 10.1 Å². The Morgan fingerprint density at radius 3 is 2.65 bits per heavy atom. The average molecular weight is 310 g/mol. The SMILES string of the molecule is O=[N+]([O-])c1ccccc1NN=Cc1cccc(Cl)c1Cl. The van der Waals surface area contributed by atoms with Crippen molar-refractivity contribution in [2.75, 3.05) is 5.43 Å². The lowest BCUT2D eigenvalue weighted by atomic mass is 10.2. The number of anilines is 1. The second kappa shape index (κ2) is 6.36. The summed E-state index contributed by atoms with van der Waals surface area (Å²) < 4.78 is 0. The summed E-state index contributed by atoms with van der Waals surface area (Å²) in [7, 11) is 0. The highest BCUT2D eigenvalue weighted by Gasteiger charge is 2.11. The summed E-state index contributed by atoms with van der Waals surface area (Å²) in [6, 6.07) is 11.4. The highest BCUT2D eigenvalue weighted by molar-refractivity contribution is 6.43. The molecule has 0 spiro atoms. The highest BCUT2D eigenvalue weighted by atomic mass is 35.5. The first-order valence-electron chi connectivity index (χ1n) is 5.56. The van der Waals surface area contributed by atoms with Crippen LogP contribution in [0.15, 0.2) is 47.6 Å². The molecule has 0 unspecified atom stereocenters. The van der Waals surface area contributed by atoms with Gasteiger partial charge < -0.3 is 0 Å². The van der Waals surface area contributed by atoms with Crippen LogP contribution in [0.25, 0.3) is 0 Å². The van der Waals surface area contributed by atoms with Crippen LogP contribution in [0.1, 0.15) is 5.56 Å². The summed E-state index contributed by atoms with van der Waals surface area (Å²) in [6.07, 6.45) is 1.45. The highest BCUT2D eigenvalue weighted by Crippen LogP contribution is 2.25. The third kappa shape index (κ3) is 3.26. The van der Waals surface area contributed by atoms with Crippen LogP contribution in [0.3, 0.4) is 0 Å². The van der Waals surface area contributed by atoms with E-state index < -0.39 is 4.92 Å². The molecule has 0 atom stereocenters. The Morgan fingerprint density at radius 2 is 1.90 bits per heavy atom. The third-order valence-corrected chi connectivity index (χ3v) is 3.30. The molecule has 0 aliphatic heterocycles. The van der Waals surface area contributed by atoms with Gasteiger partial charge in [-0.15, -0.1) is 0 Å². The number of para-hydroxylation sites is 2. The Balaban J connectivity index is 2.19. The van der Waals surface area contributed by atoms with Crippen LogP contribution in [0.5, 0.6) is 0 Å². The van der Waals surface area contributed by atoms with E-state index in [4.69, 9.17) is 23.2 Å². The molecule has 0 aliphatic rings. The molecular formula is C13H9Cl2N3O2. The Kier molecular flexibility index (Phi) is 4.55. The molecule has 0 aliphatic carbocycles. The maximum Gasteiger partial charge on any atom is 0.294 e. The molecule has 1 N–H and O–H groups in total. The number of nitrogens with zero attached hydrogens (tertiary/aromatic N) is 2. The van der Waals surface area contributed by atoms with Crippen molar-refractivity contribution < 1.29 is 4.92 Å². The molecule has 0 saturated heterocycles. The van der Waals surface area contributed by atoms with Gasteiger partial charge in [0.05, 0.1) is 21.2 Å². The number of hydrogen-bond acceptors (Lipinski definition) is 4. The monoisotopic (exact) mass is 309 g/mol. The number of hydrazone groups is 1. The van der Waals surface area contributed by atoms with Crippen molar-refractivity contribution in [1.82, 2.24) is 0 Å². The van der Waals surface area contributed by atoms with E-state index >= 15 is 0 Å². The summed E-state index contributed by atoms with van der Waals surface area (Å²) in [4.78, 5) is 10.3. The van der Waals surface area contributed by atoms with Crippen molar-refractivity contribution in [2.24, 2.45) is 5.10 Å². The summed E-state index contributed by atoms with van der Waals surface area (Å²) in [6.45, 7) is 0. The van der Waals surface area contributed by atoms with Crippen LogP contribution >= 0.6 is 23.2 Å². The van der Waals surface area contributed by atoms with Gasteiger partial charge >= 0.3 is 0 Å². The molecule has 2 rings (SSSR count). The number of halogens is 2. The first-order valence-corrected chi connectivity index (χ1v) is 6.31. The smallest absolute Gasteiger partial charge is 0.272 e. The molecule has 0 aromatic heterocycles. The number of nitrogens with one attached hydrogen (secondary N) is 1.